The van der Waals surface area contributed by atoms with E-state index in [0.29, 0.717) is 16.8 Å². The third-order valence-corrected chi connectivity index (χ3v) is 4.44. The standard InChI is InChI=1S/C21H23N3O5/c1-14(20(26)22-15-8-10-16(11-9-15)23(2)3)28-19(25)12-13-24-17-6-4-5-7-18(17)29-21(24)27/h4-11,14H,12-13H2,1-3H3,(H,22,26). The lowest BCUT2D eigenvalue weighted by Crippen LogP contribution is -2.30. The maximum absolute atomic E-state index is 12.3. The molecule has 152 valence electrons. The molecule has 3 aromatic rings. The van der Waals surface area contributed by atoms with Crippen molar-refractivity contribution in [3.8, 4) is 0 Å². The fourth-order valence-electron chi connectivity index (χ4n) is 2.83. The predicted molar refractivity (Wildman–Crippen MR) is 110 cm³/mol. The number of carbonyl (C=O) groups is 2. The molecule has 2 aromatic carbocycles. The number of rotatable bonds is 7. The molecular formula is C21H23N3O5. The zero-order valence-corrected chi connectivity index (χ0v) is 16.5. The van der Waals surface area contributed by atoms with Gasteiger partial charge in [0, 0.05) is 32.0 Å². The molecule has 1 atom stereocenters. The van der Waals surface area contributed by atoms with Crippen LogP contribution in [0.4, 0.5) is 11.4 Å². The van der Waals surface area contributed by atoms with Gasteiger partial charge in [-0.15, -0.1) is 0 Å². The normalized spacial score (nSPS) is 11.8. The average molecular weight is 397 g/mol. The van der Waals surface area contributed by atoms with Crippen LogP contribution in [0.5, 0.6) is 0 Å². The van der Waals surface area contributed by atoms with Crippen molar-refractivity contribution in [1.29, 1.82) is 0 Å². The van der Waals surface area contributed by atoms with Gasteiger partial charge in [-0.05, 0) is 43.3 Å². The van der Waals surface area contributed by atoms with Gasteiger partial charge in [-0.3, -0.25) is 14.2 Å². The Kier molecular flexibility index (Phi) is 6.01. The first-order valence-corrected chi connectivity index (χ1v) is 9.21. The highest BCUT2D eigenvalue weighted by Gasteiger charge is 2.19. The first-order valence-electron chi connectivity index (χ1n) is 9.21. The van der Waals surface area contributed by atoms with E-state index in [1.54, 1.807) is 36.4 Å². The summed E-state index contributed by atoms with van der Waals surface area (Å²) in [6.07, 6.45) is -1.02. The van der Waals surface area contributed by atoms with Gasteiger partial charge < -0.3 is 19.4 Å². The number of carbonyl (C=O) groups excluding carboxylic acids is 2. The van der Waals surface area contributed by atoms with Gasteiger partial charge in [-0.1, -0.05) is 12.1 Å². The van der Waals surface area contributed by atoms with Crippen LogP contribution in [0.25, 0.3) is 11.1 Å². The van der Waals surface area contributed by atoms with E-state index in [-0.39, 0.29) is 13.0 Å². The largest absolute Gasteiger partial charge is 0.452 e. The summed E-state index contributed by atoms with van der Waals surface area (Å²) in [5, 5.41) is 2.71. The fourth-order valence-corrected chi connectivity index (χ4v) is 2.83. The Hall–Kier alpha value is -3.55. The molecule has 1 aromatic heterocycles. The summed E-state index contributed by atoms with van der Waals surface area (Å²) >= 11 is 0. The van der Waals surface area contributed by atoms with Gasteiger partial charge in [-0.25, -0.2) is 4.79 Å². The van der Waals surface area contributed by atoms with Gasteiger partial charge in [0.25, 0.3) is 5.91 Å². The van der Waals surface area contributed by atoms with Crippen LogP contribution in [0.2, 0.25) is 0 Å². The van der Waals surface area contributed by atoms with Crippen molar-refractivity contribution in [2.75, 3.05) is 24.3 Å². The number of para-hydroxylation sites is 2. The number of nitrogens with one attached hydrogen (secondary N) is 1. The van der Waals surface area contributed by atoms with Crippen LogP contribution in [0.15, 0.2) is 57.7 Å². The Balaban J connectivity index is 1.53. The minimum absolute atomic E-state index is 0.0570. The lowest BCUT2D eigenvalue weighted by atomic mass is 10.2. The SMILES string of the molecule is CC(OC(=O)CCn1c(=O)oc2ccccc21)C(=O)Nc1ccc(N(C)C)cc1. The number of benzene rings is 2. The molecule has 0 fully saturated rings. The Morgan fingerprint density at radius 1 is 1.14 bits per heavy atom. The van der Waals surface area contributed by atoms with E-state index in [4.69, 9.17) is 9.15 Å². The number of aromatic nitrogens is 1. The van der Waals surface area contributed by atoms with Crippen LogP contribution in [0, 0.1) is 0 Å². The number of amides is 1. The van der Waals surface area contributed by atoms with Gasteiger partial charge in [0.2, 0.25) is 0 Å². The van der Waals surface area contributed by atoms with Crippen LogP contribution in [0.1, 0.15) is 13.3 Å². The molecule has 0 aliphatic carbocycles. The molecule has 29 heavy (non-hydrogen) atoms. The molecule has 8 nitrogen and oxygen atoms in total. The number of oxazole rings is 1. The lowest BCUT2D eigenvalue weighted by Gasteiger charge is -2.15. The molecule has 0 aliphatic rings. The van der Waals surface area contributed by atoms with Crippen LogP contribution >= 0.6 is 0 Å². The number of aryl methyl sites for hydroxylation is 1. The van der Waals surface area contributed by atoms with Gasteiger partial charge >= 0.3 is 11.7 Å². The molecule has 0 saturated carbocycles. The summed E-state index contributed by atoms with van der Waals surface area (Å²) in [4.78, 5) is 38.3. The van der Waals surface area contributed by atoms with Crippen LogP contribution in [-0.2, 0) is 20.9 Å². The van der Waals surface area contributed by atoms with Crippen LogP contribution in [-0.4, -0.2) is 36.6 Å². The number of anilines is 2. The van der Waals surface area contributed by atoms with Crippen LogP contribution < -0.4 is 16.0 Å². The summed E-state index contributed by atoms with van der Waals surface area (Å²) in [5.41, 5.74) is 2.68. The molecule has 1 amide bonds. The number of esters is 1. The van der Waals surface area contributed by atoms with Crippen molar-refractivity contribution in [1.82, 2.24) is 4.57 Å². The Morgan fingerprint density at radius 3 is 2.52 bits per heavy atom. The average Bonchev–Trinajstić information content (AvgIpc) is 3.01. The molecule has 1 heterocycles. The predicted octanol–water partition coefficient (Wildman–Crippen LogP) is 2.62. The molecule has 1 N–H and O–H groups in total. The topological polar surface area (TPSA) is 93.8 Å². The second-order valence-electron chi connectivity index (χ2n) is 6.80. The van der Waals surface area contributed by atoms with Crippen molar-refractivity contribution in [2.24, 2.45) is 0 Å². The zero-order chi connectivity index (χ0) is 21.0. The zero-order valence-electron chi connectivity index (χ0n) is 16.5. The molecule has 0 spiro atoms. The summed E-state index contributed by atoms with van der Waals surface area (Å²) in [6.45, 7) is 1.61. The van der Waals surface area contributed by atoms with Crippen molar-refractivity contribution in [3.63, 3.8) is 0 Å². The summed E-state index contributed by atoms with van der Waals surface area (Å²) < 4.78 is 11.7. The second-order valence-corrected chi connectivity index (χ2v) is 6.80. The van der Waals surface area contributed by atoms with Gasteiger partial charge in [0.05, 0.1) is 11.9 Å². The van der Waals surface area contributed by atoms with Crippen molar-refractivity contribution in [2.45, 2.75) is 26.0 Å². The van der Waals surface area contributed by atoms with E-state index in [0.717, 1.165) is 5.69 Å². The van der Waals surface area contributed by atoms with Gasteiger partial charge in [-0.2, -0.15) is 0 Å². The lowest BCUT2D eigenvalue weighted by molar-refractivity contribution is -0.153. The molecule has 0 saturated heterocycles. The Bertz CT molecular complexity index is 1070. The maximum Gasteiger partial charge on any atom is 0.419 e. The Labute approximate surface area is 167 Å². The highest BCUT2D eigenvalue weighted by molar-refractivity contribution is 5.95. The third-order valence-electron chi connectivity index (χ3n) is 4.44. The van der Waals surface area contributed by atoms with E-state index in [9.17, 15) is 14.4 Å². The molecule has 8 heteroatoms. The number of nitrogens with zero attached hydrogens (tertiary/aromatic N) is 2. The van der Waals surface area contributed by atoms with E-state index in [1.165, 1.54) is 11.5 Å². The van der Waals surface area contributed by atoms with Gasteiger partial charge in [0.1, 0.15) is 0 Å². The maximum atomic E-state index is 12.3. The van der Waals surface area contributed by atoms with Crippen molar-refractivity contribution in [3.05, 3.63) is 59.1 Å². The van der Waals surface area contributed by atoms with Crippen LogP contribution in [0.3, 0.4) is 0 Å². The van der Waals surface area contributed by atoms with Gasteiger partial charge in [0.15, 0.2) is 11.7 Å². The highest BCUT2D eigenvalue weighted by atomic mass is 16.5. The molecule has 0 radical (unpaired) electrons. The molecule has 1 unspecified atom stereocenters. The van der Waals surface area contributed by atoms with E-state index in [2.05, 4.69) is 5.32 Å². The molecular weight excluding hydrogens is 374 g/mol. The van der Waals surface area contributed by atoms with E-state index < -0.39 is 23.7 Å². The first-order chi connectivity index (χ1) is 13.8. The van der Waals surface area contributed by atoms with Crippen molar-refractivity contribution < 1.29 is 18.7 Å². The summed E-state index contributed by atoms with van der Waals surface area (Å²) in [5.74, 6) is -1.54. The summed E-state index contributed by atoms with van der Waals surface area (Å²) in [7, 11) is 3.85. The number of hydrogen-bond acceptors (Lipinski definition) is 6. The molecule has 3 rings (SSSR count). The fraction of sp³-hybridized carbons (Fsp3) is 0.286. The number of hydrogen-bond donors (Lipinski definition) is 1. The highest BCUT2D eigenvalue weighted by Crippen LogP contribution is 2.16. The van der Waals surface area contributed by atoms with E-state index >= 15 is 0 Å². The number of fused-ring (bicyclic) bond motifs is 1. The quantitative estimate of drug-likeness (QED) is 0.616. The number of ether oxygens (including phenoxy) is 1. The molecule has 0 bridgehead atoms. The minimum atomic E-state index is -0.964. The van der Waals surface area contributed by atoms with Crippen molar-refractivity contribution >= 4 is 34.4 Å². The smallest absolute Gasteiger partial charge is 0.419 e. The third kappa shape index (κ3) is 4.84. The molecule has 0 aliphatic heterocycles. The monoisotopic (exact) mass is 397 g/mol. The summed E-state index contributed by atoms with van der Waals surface area (Å²) in [6, 6.07) is 14.3. The first kappa shape index (κ1) is 20.2. The Morgan fingerprint density at radius 2 is 1.83 bits per heavy atom. The van der Waals surface area contributed by atoms with E-state index in [1.807, 2.05) is 31.1 Å². The second kappa shape index (κ2) is 8.64. The minimum Gasteiger partial charge on any atom is -0.452 e.